The summed E-state index contributed by atoms with van der Waals surface area (Å²) in [5, 5.41) is 12.7. The van der Waals surface area contributed by atoms with E-state index in [0.29, 0.717) is 0 Å². The Morgan fingerprint density at radius 1 is 1.18 bits per heavy atom. The van der Waals surface area contributed by atoms with Crippen molar-refractivity contribution in [3.05, 3.63) is 57.8 Å². The first-order valence-electron chi connectivity index (χ1n) is 5.34. The Balaban J connectivity index is 2.19. The van der Waals surface area contributed by atoms with Gasteiger partial charge in [-0.15, -0.1) is 0 Å². The second kappa shape index (κ2) is 5.97. The summed E-state index contributed by atoms with van der Waals surface area (Å²) in [4.78, 5) is 4.26. The van der Waals surface area contributed by atoms with Crippen LogP contribution in [0.2, 0.25) is 0 Å². The number of nitrogens with one attached hydrogen (secondary N) is 1. The van der Waals surface area contributed by atoms with E-state index in [-0.39, 0.29) is 12.6 Å². The summed E-state index contributed by atoms with van der Waals surface area (Å²) in [5.41, 5.74) is 1.05. The smallest absolute Gasteiger partial charge is 0.139 e. The molecule has 0 spiro atoms. The van der Waals surface area contributed by atoms with Gasteiger partial charge in [0.2, 0.25) is 0 Å². The SMILES string of the molecule is OCC(Nc1ncccc1I)c1ccccc1. The third-order valence-electron chi connectivity index (χ3n) is 2.45. The van der Waals surface area contributed by atoms with Crippen LogP contribution >= 0.6 is 22.6 Å². The number of anilines is 1. The highest BCUT2D eigenvalue weighted by Crippen LogP contribution is 2.21. The maximum atomic E-state index is 9.44. The number of pyridine rings is 1. The number of nitrogens with zero attached hydrogens (tertiary/aromatic N) is 1. The minimum absolute atomic E-state index is 0.0384. The van der Waals surface area contributed by atoms with Crippen LogP contribution in [0.5, 0.6) is 0 Å². The van der Waals surface area contributed by atoms with Gasteiger partial charge in [-0.2, -0.15) is 0 Å². The first kappa shape index (κ1) is 12.3. The number of benzene rings is 1. The first-order chi connectivity index (χ1) is 8.31. The van der Waals surface area contributed by atoms with Crippen molar-refractivity contribution in [2.24, 2.45) is 0 Å². The third kappa shape index (κ3) is 3.17. The molecule has 0 radical (unpaired) electrons. The molecule has 17 heavy (non-hydrogen) atoms. The molecule has 0 bridgehead atoms. The van der Waals surface area contributed by atoms with Gasteiger partial charge < -0.3 is 10.4 Å². The lowest BCUT2D eigenvalue weighted by atomic mass is 10.1. The number of halogens is 1. The van der Waals surface area contributed by atoms with E-state index in [4.69, 9.17) is 0 Å². The number of aliphatic hydroxyl groups is 1. The molecule has 1 heterocycles. The lowest BCUT2D eigenvalue weighted by Gasteiger charge is -2.18. The second-order valence-electron chi connectivity index (χ2n) is 3.62. The fourth-order valence-corrected chi connectivity index (χ4v) is 2.08. The maximum absolute atomic E-state index is 9.44. The van der Waals surface area contributed by atoms with Gasteiger partial charge in [-0.05, 0) is 40.3 Å². The van der Waals surface area contributed by atoms with Crippen LogP contribution in [0.4, 0.5) is 5.82 Å². The zero-order chi connectivity index (χ0) is 12.1. The van der Waals surface area contributed by atoms with E-state index in [0.717, 1.165) is 15.0 Å². The number of hydrogen-bond donors (Lipinski definition) is 2. The van der Waals surface area contributed by atoms with Crippen molar-refractivity contribution in [3.63, 3.8) is 0 Å². The summed E-state index contributed by atoms with van der Waals surface area (Å²) < 4.78 is 1.04. The molecule has 0 aliphatic heterocycles. The molecule has 0 aliphatic carbocycles. The van der Waals surface area contributed by atoms with Crippen LogP contribution in [0.25, 0.3) is 0 Å². The van der Waals surface area contributed by atoms with Crippen molar-refractivity contribution in [2.45, 2.75) is 6.04 Å². The normalized spacial score (nSPS) is 12.1. The van der Waals surface area contributed by atoms with Gasteiger partial charge in [0.25, 0.3) is 0 Å². The van der Waals surface area contributed by atoms with Gasteiger partial charge in [-0.1, -0.05) is 30.3 Å². The standard InChI is InChI=1S/C13H13IN2O/c14-11-7-4-8-15-13(11)16-12(9-17)10-5-2-1-3-6-10/h1-8,12,17H,9H2,(H,15,16). The highest BCUT2D eigenvalue weighted by Gasteiger charge is 2.11. The number of aromatic nitrogens is 1. The predicted molar refractivity (Wildman–Crippen MR) is 76.8 cm³/mol. The zero-order valence-electron chi connectivity index (χ0n) is 9.18. The molecule has 1 aromatic carbocycles. The molecule has 1 atom stereocenters. The average molecular weight is 340 g/mol. The average Bonchev–Trinajstić information content (AvgIpc) is 2.39. The fraction of sp³-hybridized carbons (Fsp3) is 0.154. The van der Waals surface area contributed by atoms with Crippen LogP contribution in [0.15, 0.2) is 48.7 Å². The van der Waals surface area contributed by atoms with Gasteiger partial charge in [0.05, 0.1) is 16.2 Å². The molecule has 0 aliphatic rings. The molecule has 0 fully saturated rings. The van der Waals surface area contributed by atoms with E-state index < -0.39 is 0 Å². The third-order valence-corrected chi connectivity index (χ3v) is 3.32. The van der Waals surface area contributed by atoms with Crippen molar-refractivity contribution in [3.8, 4) is 0 Å². The van der Waals surface area contributed by atoms with E-state index in [1.165, 1.54) is 0 Å². The molecule has 0 saturated carbocycles. The molecular formula is C13H13IN2O. The summed E-state index contributed by atoms with van der Waals surface area (Å²) in [6.07, 6.45) is 1.74. The van der Waals surface area contributed by atoms with Gasteiger partial charge in [0, 0.05) is 6.20 Å². The van der Waals surface area contributed by atoms with Crippen LogP contribution < -0.4 is 5.32 Å². The van der Waals surface area contributed by atoms with Crippen molar-refractivity contribution < 1.29 is 5.11 Å². The van der Waals surface area contributed by atoms with E-state index in [2.05, 4.69) is 32.9 Å². The largest absolute Gasteiger partial charge is 0.394 e. The van der Waals surface area contributed by atoms with E-state index in [9.17, 15) is 5.11 Å². The Kier molecular flexibility index (Phi) is 4.33. The minimum Gasteiger partial charge on any atom is -0.394 e. The van der Waals surface area contributed by atoms with Gasteiger partial charge in [0.1, 0.15) is 5.82 Å². The highest BCUT2D eigenvalue weighted by atomic mass is 127. The van der Waals surface area contributed by atoms with Crippen molar-refractivity contribution >= 4 is 28.4 Å². The second-order valence-corrected chi connectivity index (χ2v) is 4.79. The highest BCUT2D eigenvalue weighted by molar-refractivity contribution is 14.1. The summed E-state index contributed by atoms with van der Waals surface area (Å²) in [5.74, 6) is 0.802. The minimum atomic E-state index is -0.125. The molecular weight excluding hydrogens is 327 g/mol. The van der Waals surface area contributed by atoms with Gasteiger partial charge in [-0.3, -0.25) is 0 Å². The van der Waals surface area contributed by atoms with E-state index in [1.807, 2.05) is 42.5 Å². The number of aliphatic hydroxyl groups excluding tert-OH is 1. The molecule has 2 rings (SSSR count). The van der Waals surface area contributed by atoms with Crippen LogP contribution in [-0.2, 0) is 0 Å². The van der Waals surface area contributed by atoms with Crippen LogP contribution in [-0.4, -0.2) is 16.7 Å². The summed E-state index contributed by atoms with van der Waals surface area (Å²) in [7, 11) is 0. The monoisotopic (exact) mass is 340 g/mol. The molecule has 2 N–H and O–H groups in total. The van der Waals surface area contributed by atoms with Crippen LogP contribution in [0.3, 0.4) is 0 Å². The van der Waals surface area contributed by atoms with Gasteiger partial charge >= 0.3 is 0 Å². The maximum Gasteiger partial charge on any atom is 0.139 e. The molecule has 0 amide bonds. The van der Waals surface area contributed by atoms with Crippen molar-refractivity contribution in [1.82, 2.24) is 4.98 Å². The van der Waals surface area contributed by atoms with Crippen molar-refractivity contribution in [1.29, 1.82) is 0 Å². The van der Waals surface area contributed by atoms with Crippen molar-refractivity contribution in [2.75, 3.05) is 11.9 Å². The van der Waals surface area contributed by atoms with Gasteiger partial charge in [-0.25, -0.2) is 4.98 Å². The molecule has 1 aromatic heterocycles. The fourth-order valence-electron chi connectivity index (χ4n) is 1.58. The van der Waals surface area contributed by atoms with Crippen LogP contribution in [0, 0.1) is 3.57 Å². The quantitative estimate of drug-likeness (QED) is 0.842. The first-order valence-corrected chi connectivity index (χ1v) is 6.42. The molecule has 2 aromatic rings. The summed E-state index contributed by atoms with van der Waals surface area (Å²) >= 11 is 2.22. The molecule has 88 valence electrons. The molecule has 3 nitrogen and oxygen atoms in total. The summed E-state index contributed by atoms with van der Waals surface area (Å²) in [6, 6.07) is 13.6. The molecule has 1 unspecified atom stereocenters. The van der Waals surface area contributed by atoms with E-state index in [1.54, 1.807) is 6.20 Å². The topological polar surface area (TPSA) is 45.1 Å². The molecule has 0 saturated heterocycles. The predicted octanol–water partition coefficient (Wildman–Crippen LogP) is 2.83. The Morgan fingerprint density at radius 2 is 1.94 bits per heavy atom. The summed E-state index contributed by atoms with van der Waals surface area (Å²) in [6.45, 7) is 0.0384. The Labute approximate surface area is 114 Å². The van der Waals surface area contributed by atoms with Crippen LogP contribution in [0.1, 0.15) is 11.6 Å². The number of rotatable bonds is 4. The van der Waals surface area contributed by atoms with Gasteiger partial charge in [0.15, 0.2) is 0 Å². The Hall–Kier alpha value is -1.14. The molecule has 4 heteroatoms. The lowest BCUT2D eigenvalue weighted by Crippen LogP contribution is -2.16. The van der Waals surface area contributed by atoms with E-state index >= 15 is 0 Å². The zero-order valence-corrected chi connectivity index (χ0v) is 11.3. The Bertz CT molecular complexity index is 476. The lowest BCUT2D eigenvalue weighted by molar-refractivity contribution is 0.276. The number of hydrogen-bond acceptors (Lipinski definition) is 3. The Morgan fingerprint density at radius 3 is 2.59 bits per heavy atom.